The van der Waals surface area contributed by atoms with Crippen molar-refractivity contribution in [3.05, 3.63) is 22.3 Å². The summed E-state index contributed by atoms with van der Waals surface area (Å²) in [5.41, 5.74) is 5.30. The normalized spacial score (nSPS) is 23.7. The minimum atomic E-state index is -0.198. The maximum absolute atomic E-state index is 11.1. The second-order valence-corrected chi connectivity index (χ2v) is 5.42. The van der Waals surface area contributed by atoms with Crippen LogP contribution in [0.15, 0.2) is 12.3 Å². The molecule has 1 aromatic heterocycles. The third-order valence-electron chi connectivity index (χ3n) is 3.28. The number of carbonyl (C=O) groups is 1. The summed E-state index contributed by atoms with van der Waals surface area (Å²) in [6.45, 7) is 0. The molecule has 0 saturated heterocycles. The summed E-state index contributed by atoms with van der Waals surface area (Å²) in [6.07, 6.45) is 4.99. The lowest BCUT2D eigenvalue weighted by molar-refractivity contribution is -0.122. The van der Waals surface area contributed by atoms with E-state index in [1.54, 1.807) is 12.3 Å². The summed E-state index contributed by atoms with van der Waals surface area (Å²) >= 11 is 11.8. The van der Waals surface area contributed by atoms with Gasteiger partial charge in [0.25, 0.3) is 0 Å². The first-order chi connectivity index (χ1) is 8.56. The van der Waals surface area contributed by atoms with Gasteiger partial charge in [0.05, 0.1) is 10.0 Å². The van der Waals surface area contributed by atoms with E-state index in [2.05, 4.69) is 10.3 Å². The van der Waals surface area contributed by atoms with Gasteiger partial charge in [-0.05, 0) is 31.7 Å². The Labute approximate surface area is 116 Å². The van der Waals surface area contributed by atoms with Gasteiger partial charge in [-0.15, -0.1) is 0 Å². The highest BCUT2D eigenvalue weighted by atomic mass is 35.5. The molecule has 18 heavy (non-hydrogen) atoms. The number of nitrogens with two attached hydrogens (primary N) is 1. The molecule has 1 amide bonds. The van der Waals surface area contributed by atoms with Crippen molar-refractivity contribution < 1.29 is 4.79 Å². The number of anilines is 1. The van der Waals surface area contributed by atoms with Crippen LogP contribution in [0.4, 0.5) is 5.82 Å². The fourth-order valence-electron chi connectivity index (χ4n) is 2.24. The molecule has 6 heteroatoms. The number of rotatable bonds is 3. The Hall–Kier alpha value is -1.000. The molecule has 0 aromatic carbocycles. The summed E-state index contributed by atoms with van der Waals surface area (Å²) in [6, 6.07) is 1.94. The lowest BCUT2D eigenvalue weighted by atomic mass is 9.85. The van der Waals surface area contributed by atoms with E-state index in [1.807, 2.05) is 0 Å². The molecule has 1 heterocycles. The molecule has 4 nitrogen and oxygen atoms in total. The average molecular weight is 288 g/mol. The van der Waals surface area contributed by atoms with Crippen LogP contribution in [0.1, 0.15) is 25.7 Å². The third kappa shape index (κ3) is 3.27. The molecule has 2 rings (SSSR count). The Morgan fingerprint density at radius 3 is 2.56 bits per heavy atom. The van der Waals surface area contributed by atoms with E-state index < -0.39 is 0 Å². The number of pyridine rings is 1. The molecule has 0 spiro atoms. The topological polar surface area (TPSA) is 68.0 Å². The summed E-state index contributed by atoms with van der Waals surface area (Å²) in [7, 11) is 0. The van der Waals surface area contributed by atoms with E-state index in [0.29, 0.717) is 15.9 Å². The lowest BCUT2D eigenvalue weighted by Crippen LogP contribution is -2.32. The van der Waals surface area contributed by atoms with Crippen molar-refractivity contribution in [2.45, 2.75) is 31.7 Å². The zero-order chi connectivity index (χ0) is 13.1. The molecule has 1 aromatic rings. The quantitative estimate of drug-likeness (QED) is 0.898. The summed E-state index contributed by atoms with van der Waals surface area (Å²) in [5.74, 6) is 0.455. The van der Waals surface area contributed by atoms with Crippen LogP contribution in [0.3, 0.4) is 0 Å². The number of hydrogen-bond donors (Lipinski definition) is 2. The minimum absolute atomic E-state index is 0.0108. The number of aromatic nitrogens is 1. The summed E-state index contributed by atoms with van der Waals surface area (Å²) < 4.78 is 0. The van der Waals surface area contributed by atoms with Crippen molar-refractivity contribution in [2.75, 3.05) is 5.32 Å². The molecule has 0 radical (unpaired) electrons. The van der Waals surface area contributed by atoms with Crippen molar-refractivity contribution in [3.63, 3.8) is 0 Å². The SMILES string of the molecule is NC(=O)C1CCC(Nc2ncc(Cl)cc2Cl)CC1. The Balaban J connectivity index is 1.93. The van der Waals surface area contributed by atoms with E-state index in [0.717, 1.165) is 25.7 Å². The standard InChI is InChI=1S/C12H15Cl2N3O/c13-8-5-10(14)12(16-6-8)17-9-3-1-7(2-4-9)11(15)18/h5-7,9H,1-4H2,(H2,15,18)(H,16,17). The largest absolute Gasteiger partial charge is 0.369 e. The maximum atomic E-state index is 11.1. The van der Waals surface area contributed by atoms with Gasteiger partial charge >= 0.3 is 0 Å². The fraction of sp³-hybridized carbons (Fsp3) is 0.500. The van der Waals surface area contributed by atoms with Gasteiger partial charge in [-0.1, -0.05) is 23.2 Å². The van der Waals surface area contributed by atoms with Gasteiger partial charge < -0.3 is 11.1 Å². The zero-order valence-corrected chi connectivity index (χ0v) is 11.3. The molecule has 3 N–H and O–H groups in total. The van der Waals surface area contributed by atoms with Gasteiger partial charge in [-0.2, -0.15) is 0 Å². The highest BCUT2D eigenvalue weighted by molar-refractivity contribution is 6.35. The first kappa shape index (κ1) is 13.4. The molecule has 1 saturated carbocycles. The van der Waals surface area contributed by atoms with Crippen molar-refractivity contribution in [3.8, 4) is 0 Å². The van der Waals surface area contributed by atoms with Crippen LogP contribution in [-0.2, 0) is 4.79 Å². The van der Waals surface area contributed by atoms with Crippen LogP contribution < -0.4 is 11.1 Å². The predicted octanol–water partition coefficient (Wildman–Crippen LogP) is 2.84. The monoisotopic (exact) mass is 287 g/mol. The Bertz CT molecular complexity index is 445. The number of amides is 1. The molecule has 1 fully saturated rings. The molecular weight excluding hydrogens is 273 g/mol. The van der Waals surface area contributed by atoms with Gasteiger partial charge in [0.15, 0.2) is 0 Å². The van der Waals surface area contributed by atoms with E-state index >= 15 is 0 Å². The zero-order valence-electron chi connectivity index (χ0n) is 9.83. The van der Waals surface area contributed by atoms with Crippen LogP contribution in [0.25, 0.3) is 0 Å². The van der Waals surface area contributed by atoms with Gasteiger partial charge in [-0.3, -0.25) is 4.79 Å². The predicted molar refractivity (Wildman–Crippen MR) is 72.8 cm³/mol. The van der Waals surface area contributed by atoms with Crippen molar-refractivity contribution in [1.29, 1.82) is 0 Å². The molecule has 0 unspecified atom stereocenters. The Morgan fingerprint density at radius 1 is 1.33 bits per heavy atom. The van der Waals surface area contributed by atoms with Crippen LogP contribution in [0.2, 0.25) is 10.0 Å². The van der Waals surface area contributed by atoms with E-state index in [-0.39, 0.29) is 17.9 Å². The first-order valence-electron chi connectivity index (χ1n) is 5.93. The molecule has 1 aliphatic carbocycles. The maximum Gasteiger partial charge on any atom is 0.220 e. The summed E-state index contributed by atoms with van der Waals surface area (Å²) in [5, 5.41) is 4.31. The van der Waals surface area contributed by atoms with E-state index in [9.17, 15) is 4.79 Å². The number of carbonyl (C=O) groups excluding carboxylic acids is 1. The first-order valence-corrected chi connectivity index (χ1v) is 6.68. The van der Waals surface area contributed by atoms with Gasteiger partial charge in [-0.25, -0.2) is 4.98 Å². The van der Waals surface area contributed by atoms with Gasteiger partial charge in [0.1, 0.15) is 5.82 Å². The molecule has 1 aliphatic rings. The second kappa shape index (κ2) is 5.76. The van der Waals surface area contributed by atoms with Gasteiger partial charge in [0.2, 0.25) is 5.91 Å². The number of nitrogens with zero attached hydrogens (tertiary/aromatic N) is 1. The summed E-state index contributed by atoms with van der Waals surface area (Å²) in [4.78, 5) is 15.2. The highest BCUT2D eigenvalue weighted by Crippen LogP contribution is 2.29. The van der Waals surface area contributed by atoms with Crippen LogP contribution in [-0.4, -0.2) is 16.9 Å². The van der Waals surface area contributed by atoms with E-state index in [1.165, 1.54) is 0 Å². The lowest BCUT2D eigenvalue weighted by Gasteiger charge is -2.27. The molecular formula is C12H15Cl2N3O. The van der Waals surface area contributed by atoms with Crippen molar-refractivity contribution in [1.82, 2.24) is 4.98 Å². The molecule has 0 aliphatic heterocycles. The molecule has 98 valence electrons. The smallest absolute Gasteiger partial charge is 0.220 e. The average Bonchev–Trinajstić information content (AvgIpc) is 2.33. The van der Waals surface area contributed by atoms with Crippen LogP contribution in [0.5, 0.6) is 0 Å². The Morgan fingerprint density at radius 2 is 2.00 bits per heavy atom. The number of nitrogens with one attached hydrogen (secondary N) is 1. The molecule has 0 bridgehead atoms. The third-order valence-corrected chi connectivity index (χ3v) is 3.77. The van der Waals surface area contributed by atoms with Crippen LogP contribution in [0, 0.1) is 5.92 Å². The second-order valence-electron chi connectivity index (χ2n) is 4.58. The van der Waals surface area contributed by atoms with Crippen molar-refractivity contribution in [2.24, 2.45) is 11.7 Å². The van der Waals surface area contributed by atoms with Crippen LogP contribution >= 0.6 is 23.2 Å². The van der Waals surface area contributed by atoms with Crippen molar-refractivity contribution >= 4 is 34.9 Å². The minimum Gasteiger partial charge on any atom is -0.369 e. The fourth-order valence-corrected chi connectivity index (χ4v) is 2.67. The number of primary amides is 1. The number of hydrogen-bond acceptors (Lipinski definition) is 3. The van der Waals surface area contributed by atoms with Gasteiger partial charge in [0, 0.05) is 18.2 Å². The highest BCUT2D eigenvalue weighted by Gasteiger charge is 2.25. The number of halogens is 2. The molecule has 0 atom stereocenters. The van der Waals surface area contributed by atoms with E-state index in [4.69, 9.17) is 28.9 Å². The Kier molecular flexibility index (Phi) is 4.30.